The summed E-state index contributed by atoms with van der Waals surface area (Å²) in [6.45, 7) is 4.56. The lowest BCUT2D eigenvalue weighted by atomic mass is 9.94. The van der Waals surface area contributed by atoms with E-state index in [9.17, 15) is 19.0 Å². The van der Waals surface area contributed by atoms with Gasteiger partial charge in [0.15, 0.2) is 5.82 Å². The van der Waals surface area contributed by atoms with Crippen molar-refractivity contribution in [2.24, 2.45) is 0 Å². The van der Waals surface area contributed by atoms with E-state index in [4.69, 9.17) is 9.47 Å². The number of benzene rings is 2. The standard InChI is InChI=1S/C26H26F2N4O4.C7H12FN/c1-4-16-18(27)8-7-13-10-15(34)11-17(19(13)16)22-21(28)23-20(25(29-22)35-2)24(31-26(30-23)36-3)32-9-5-6-14(33)12-32;8-6-4-7-2-1-3-9(7)5-6/h7-8,10-11,14,33-34H,4-6,9,12H2,1-3H3;6-7H,1-5H2. The Morgan fingerprint density at radius 2 is 1.78 bits per heavy atom. The molecule has 240 valence electrons. The number of methoxy groups -OCH3 is 2. The lowest BCUT2D eigenvalue weighted by molar-refractivity contribution is 0.154. The van der Waals surface area contributed by atoms with Gasteiger partial charge in [0.2, 0.25) is 5.88 Å². The average Bonchev–Trinajstić information content (AvgIpc) is 3.62. The molecule has 3 unspecified atom stereocenters. The van der Waals surface area contributed by atoms with Gasteiger partial charge in [-0.3, -0.25) is 4.90 Å². The highest BCUT2D eigenvalue weighted by Crippen LogP contribution is 2.42. The zero-order chi connectivity index (χ0) is 31.8. The molecule has 9 nitrogen and oxygen atoms in total. The van der Waals surface area contributed by atoms with Gasteiger partial charge in [0.1, 0.15) is 40.2 Å². The van der Waals surface area contributed by atoms with Crippen LogP contribution in [0, 0.1) is 11.6 Å². The summed E-state index contributed by atoms with van der Waals surface area (Å²) in [5.74, 6) is -0.935. The number of aliphatic hydroxyl groups excluding tert-OH is 1. The number of aliphatic hydroxyl groups is 1. The van der Waals surface area contributed by atoms with E-state index < -0.39 is 23.9 Å². The average molecular weight is 626 g/mol. The van der Waals surface area contributed by atoms with Crippen LogP contribution >= 0.6 is 0 Å². The summed E-state index contributed by atoms with van der Waals surface area (Å²) in [7, 11) is 2.78. The molecule has 2 N–H and O–H groups in total. The number of phenols is 1. The molecule has 0 amide bonds. The van der Waals surface area contributed by atoms with Gasteiger partial charge in [-0.1, -0.05) is 13.0 Å². The molecule has 3 atom stereocenters. The van der Waals surface area contributed by atoms with Gasteiger partial charge in [-0.2, -0.15) is 9.97 Å². The number of phenolic OH excluding ortho intramolecular Hbond substituents is 1. The number of fused-ring (bicyclic) bond motifs is 3. The molecule has 3 saturated heterocycles. The van der Waals surface area contributed by atoms with Gasteiger partial charge in [0, 0.05) is 31.2 Å². The molecule has 0 saturated carbocycles. The van der Waals surface area contributed by atoms with Gasteiger partial charge in [-0.25, -0.2) is 18.2 Å². The maximum Gasteiger partial charge on any atom is 0.318 e. The van der Waals surface area contributed by atoms with Crippen LogP contribution in [0.15, 0.2) is 24.3 Å². The number of nitrogens with zero attached hydrogens (tertiary/aromatic N) is 5. The lowest BCUT2D eigenvalue weighted by Crippen LogP contribution is -2.39. The molecule has 0 aliphatic carbocycles. The fraction of sp³-hybridized carbons (Fsp3) is 0.485. The minimum Gasteiger partial charge on any atom is -0.508 e. The summed E-state index contributed by atoms with van der Waals surface area (Å²) in [5.41, 5.74) is 0.355. The third kappa shape index (κ3) is 5.93. The smallest absolute Gasteiger partial charge is 0.318 e. The summed E-state index contributed by atoms with van der Waals surface area (Å²) in [6, 6.07) is 6.27. The number of halogens is 3. The normalized spacial score (nSPS) is 21.6. The van der Waals surface area contributed by atoms with Crippen LogP contribution in [0.2, 0.25) is 0 Å². The highest BCUT2D eigenvalue weighted by atomic mass is 19.1. The van der Waals surface area contributed by atoms with Crippen molar-refractivity contribution in [1.29, 1.82) is 0 Å². The van der Waals surface area contributed by atoms with Crippen LogP contribution in [0.25, 0.3) is 32.9 Å². The van der Waals surface area contributed by atoms with Crippen LogP contribution in [0.1, 0.15) is 44.6 Å². The molecule has 0 spiro atoms. The predicted molar refractivity (Wildman–Crippen MR) is 166 cm³/mol. The Bertz CT molecular complexity index is 1710. The van der Waals surface area contributed by atoms with Crippen molar-refractivity contribution in [2.75, 3.05) is 45.3 Å². The van der Waals surface area contributed by atoms with E-state index in [1.54, 1.807) is 6.92 Å². The number of pyridine rings is 1. The second kappa shape index (κ2) is 12.8. The number of hydrogen-bond acceptors (Lipinski definition) is 9. The third-order valence-electron chi connectivity index (χ3n) is 9.01. The Balaban J connectivity index is 0.000000337. The van der Waals surface area contributed by atoms with Gasteiger partial charge in [0.25, 0.3) is 0 Å². The molecular weight excluding hydrogens is 587 g/mol. The number of aromatic hydroxyl groups is 1. The van der Waals surface area contributed by atoms with Crippen LogP contribution in [0.4, 0.5) is 19.0 Å². The monoisotopic (exact) mass is 625 g/mol. The van der Waals surface area contributed by atoms with Crippen LogP contribution in [-0.4, -0.2) is 88.8 Å². The van der Waals surface area contributed by atoms with E-state index in [0.29, 0.717) is 60.7 Å². The Kier molecular flexibility index (Phi) is 8.87. The zero-order valence-corrected chi connectivity index (χ0v) is 25.7. The van der Waals surface area contributed by atoms with Crippen molar-refractivity contribution in [3.63, 3.8) is 0 Å². The SMILES string of the molecule is CCc1c(F)ccc2cc(O)cc(-c3nc(OC)c4c(N5CCCC(O)C5)nc(OC)nc4c3F)c12.FC1CC2CCCN2C1. The first kappa shape index (κ1) is 31.1. The maximum atomic E-state index is 16.3. The number of alkyl halides is 1. The zero-order valence-electron chi connectivity index (χ0n) is 25.7. The second-order valence-corrected chi connectivity index (χ2v) is 11.9. The second-order valence-electron chi connectivity index (χ2n) is 11.9. The van der Waals surface area contributed by atoms with Gasteiger partial charge in [-0.15, -0.1) is 0 Å². The molecule has 45 heavy (non-hydrogen) atoms. The van der Waals surface area contributed by atoms with Crippen molar-refractivity contribution >= 4 is 27.5 Å². The molecule has 5 heterocycles. The number of anilines is 1. The third-order valence-corrected chi connectivity index (χ3v) is 9.01. The van der Waals surface area contributed by atoms with E-state index in [0.717, 1.165) is 19.4 Å². The lowest BCUT2D eigenvalue weighted by Gasteiger charge is -2.32. The van der Waals surface area contributed by atoms with Crippen LogP contribution in [-0.2, 0) is 6.42 Å². The molecule has 0 radical (unpaired) electrons. The van der Waals surface area contributed by atoms with E-state index >= 15 is 4.39 Å². The van der Waals surface area contributed by atoms with E-state index in [-0.39, 0.29) is 39.8 Å². The number of hydrogen-bond donors (Lipinski definition) is 2. The Morgan fingerprint density at radius 3 is 2.49 bits per heavy atom. The fourth-order valence-electron chi connectivity index (χ4n) is 6.96. The van der Waals surface area contributed by atoms with E-state index in [2.05, 4.69) is 19.9 Å². The molecule has 12 heteroatoms. The topological polar surface area (TPSA) is 104 Å². The van der Waals surface area contributed by atoms with Crippen molar-refractivity contribution < 1.29 is 32.9 Å². The van der Waals surface area contributed by atoms with E-state index in [1.165, 1.54) is 51.3 Å². The Morgan fingerprint density at radius 1 is 0.978 bits per heavy atom. The maximum absolute atomic E-state index is 16.3. The molecular formula is C33H38F3N5O4. The largest absolute Gasteiger partial charge is 0.508 e. The number of aryl methyl sites for hydroxylation is 1. The van der Waals surface area contributed by atoms with Crippen molar-refractivity contribution in [3.8, 4) is 28.9 Å². The van der Waals surface area contributed by atoms with Crippen molar-refractivity contribution in [1.82, 2.24) is 19.9 Å². The van der Waals surface area contributed by atoms with Crippen molar-refractivity contribution in [3.05, 3.63) is 41.5 Å². The quantitative estimate of drug-likeness (QED) is 0.295. The summed E-state index contributed by atoms with van der Waals surface area (Å²) in [6.07, 6.45) is 3.99. The van der Waals surface area contributed by atoms with Crippen LogP contribution in [0.3, 0.4) is 0 Å². The summed E-state index contributed by atoms with van der Waals surface area (Å²) in [5, 5.41) is 21.9. The van der Waals surface area contributed by atoms with Gasteiger partial charge < -0.3 is 24.6 Å². The van der Waals surface area contributed by atoms with E-state index in [1.807, 2.05) is 4.90 Å². The number of piperidine rings is 1. The first-order valence-electron chi connectivity index (χ1n) is 15.5. The molecule has 2 aromatic heterocycles. The molecule has 3 aliphatic heterocycles. The fourth-order valence-corrected chi connectivity index (χ4v) is 6.96. The molecule has 0 bridgehead atoms. The molecule has 2 aromatic carbocycles. The molecule has 3 fully saturated rings. The molecule has 7 rings (SSSR count). The molecule has 3 aliphatic rings. The highest BCUT2D eigenvalue weighted by Gasteiger charge is 2.35. The van der Waals surface area contributed by atoms with Gasteiger partial charge in [0.05, 0.1) is 20.3 Å². The van der Waals surface area contributed by atoms with Crippen LogP contribution < -0.4 is 14.4 Å². The van der Waals surface area contributed by atoms with Gasteiger partial charge >= 0.3 is 6.01 Å². The number of β-amino-alcohol motifs (C(OH)–C–C–N with tert-alkyl or cyclic N) is 1. The predicted octanol–water partition coefficient (Wildman–Crippen LogP) is 5.56. The Labute approximate surface area is 259 Å². The minimum atomic E-state index is -0.788. The Hall–Kier alpha value is -3.90. The number of ether oxygens (including phenoxy) is 2. The molecule has 4 aromatic rings. The first-order valence-corrected chi connectivity index (χ1v) is 15.5. The number of aromatic nitrogens is 3. The first-order chi connectivity index (χ1) is 21.7. The summed E-state index contributed by atoms with van der Waals surface area (Å²) < 4.78 is 54.5. The van der Waals surface area contributed by atoms with Crippen molar-refractivity contribution in [2.45, 2.75) is 63.8 Å². The number of rotatable bonds is 5. The van der Waals surface area contributed by atoms with Gasteiger partial charge in [-0.05, 0) is 79.6 Å². The highest BCUT2D eigenvalue weighted by molar-refractivity contribution is 6.03. The summed E-state index contributed by atoms with van der Waals surface area (Å²) >= 11 is 0. The van der Waals surface area contributed by atoms with Crippen LogP contribution in [0.5, 0.6) is 17.6 Å². The minimum absolute atomic E-state index is 0.0586. The summed E-state index contributed by atoms with van der Waals surface area (Å²) in [4.78, 5) is 17.3.